The molecule has 3 rings (SSSR count). The summed E-state index contributed by atoms with van der Waals surface area (Å²) in [5.41, 5.74) is 0. The lowest BCUT2D eigenvalue weighted by molar-refractivity contribution is 0.0730. The van der Waals surface area contributed by atoms with Crippen molar-refractivity contribution in [2.24, 2.45) is 35.5 Å². The summed E-state index contributed by atoms with van der Waals surface area (Å²) < 4.78 is 0. The summed E-state index contributed by atoms with van der Waals surface area (Å²) in [6.07, 6.45) is 8.90. The quantitative estimate of drug-likeness (QED) is 0.584. The monoisotopic (exact) mass is 222 g/mol. The van der Waals surface area contributed by atoms with E-state index in [9.17, 15) is 0 Å². The normalized spacial score (nSPS) is 40.5. The van der Waals surface area contributed by atoms with E-state index in [4.69, 9.17) is 0 Å². The van der Waals surface area contributed by atoms with Crippen LogP contribution in [-0.4, -0.2) is 0 Å². The molecular formula is C16H30. The highest BCUT2D eigenvalue weighted by Crippen LogP contribution is 2.61. The van der Waals surface area contributed by atoms with Crippen LogP contribution in [0.15, 0.2) is 0 Å². The van der Waals surface area contributed by atoms with Crippen LogP contribution in [0.5, 0.6) is 0 Å². The maximum atomic E-state index is 2.53. The highest BCUT2D eigenvalue weighted by atomic mass is 14.6. The van der Waals surface area contributed by atoms with Crippen molar-refractivity contribution in [3.63, 3.8) is 0 Å². The van der Waals surface area contributed by atoms with Crippen LogP contribution in [0.25, 0.3) is 0 Å². The lowest BCUT2D eigenvalue weighted by atomic mass is 9.64. The molecule has 0 heterocycles. The van der Waals surface area contributed by atoms with Gasteiger partial charge in [-0.25, -0.2) is 0 Å². The molecule has 0 saturated heterocycles. The first kappa shape index (κ1) is 12.5. The van der Waals surface area contributed by atoms with Crippen molar-refractivity contribution < 1.29 is 0 Å². The summed E-state index contributed by atoms with van der Waals surface area (Å²) in [6, 6.07) is 0. The summed E-state index contributed by atoms with van der Waals surface area (Å²) >= 11 is 0. The molecule has 0 nitrogen and oxygen atoms in total. The van der Waals surface area contributed by atoms with Crippen LogP contribution < -0.4 is 0 Å². The summed E-state index contributed by atoms with van der Waals surface area (Å²) in [5, 5.41) is 0. The third-order valence-corrected chi connectivity index (χ3v) is 5.82. The Morgan fingerprint density at radius 3 is 2.38 bits per heavy atom. The maximum absolute atomic E-state index is 2.53. The average molecular weight is 222 g/mol. The van der Waals surface area contributed by atoms with Gasteiger partial charge in [0.1, 0.15) is 0 Å². The first-order chi connectivity index (χ1) is 7.67. The van der Waals surface area contributed by atoms with Gasteiger partial charge in [0.15, 0.2) is 0 Å². The SMILES string of the molecule is CCC(C)CCC(C)C1C2CC(CC)C1C2. The lowest BCUT2D eigenvalue weighted by Gasteiger charge is -2.41. The second kappa shape index (κ2) is 5.10. The minimum absolute atomic E-state index is 0.946. The fourth-order valence-corrected chi connectivity index (χ4v) is 4.44. The topological polar surface area (TPSA) is 0 Å². The van der Waals surface area contributed by atoms with Crippen LogP contribution in [-0.2, 0) is 0 Å². The second-order valence-electron chi connectivity index (χ2n) is 6.71. The van der Waals surface area contributed by atoms with Crippen LogP contribution in [0.3, 0.4) is 0 Å². The van der Waals surface area contributed by atoms with Crippen LogP contribution in [0.1, 0.15) is 66.2 Å². The van der Waals surface area contributed by atoms with E-state index in [1.165, 1.54) is 25.7 Å². The molecule has 94 valence electrons. The van der Waals surface area contributed by atoms with E-state index in [2.05, 4.69) is 27.7 Å². The van der Waals surface area contributed by atoms with Crippen molar-refractivity contribution >= 4 is 0 Å². The molecule has 3 aliphatic carbocycles. The zero-order valence-electron chi connectivity index (χ0n) is 11.7. The van der Waals surface area contributed by atoms with E-state index in [0.717, 1.165) is 35.5 Å². The summed E-state index contributed by atoms with van der Waals surface area (Å²) in [5.74, 6) is 6.43. The third kappa shape index (κ3) is 2.17. The zero-order chi connectivity index (χ0) is 11.7. The van der Waals surface area contributed by atoms with Crippen LogP contribution >= 0.6 is 0 Å². The van der Waals surface area contributed by atoms with Gasteiger partial charge in [0.25, 0.3) is 0 Å². The Balaban J connectivity index is 1.77. The molecular weight excluding hydrogens is 192 g/mol. The van der Waals surface area contributed by atoms with Gasteiger partial charge in [0.2, 0.25) is 0 Å². The van der Waals surface area contributed by atoms with Crippen LogP contribution in [0.4, 0.5) is 0 Å². The van der Waals surface area contributed by atoms with Gasteiger partial charge in [0.05, 0.1) is 0 Å². The molecule has 0 radical (unpaired) electrons. The predicted octanol–water partition coefficient (Wildman–Crippen LogP) is 5.13. The van der Waals surface area contributed by atoms with E-state index < -0.39 is 0 Å². The molecule has 0 aromatic rings. The van der Waals surface area contributed by atoms with Gasteiger partial charge in [-0.05, 0) is 48.3 Å². The fraction of sp³-hybridized carbons (Fsp3) is 1.00. The number of hydrogen-bond donors (Lipinski definition) is 0. The van der Waals surface area contributed by atoms with Gasteiger partial charge in [-0.15, -0.1) is 0 Å². The first-order valence-corrected chi connectivity index (χ1v) is 7.67. The second-order valence-corrected chi connectivity index (χ2v) is 6.71. The van der Waals surface area contributed by atoms with E-state index in [1.54, 1.807) is 12.8 Å². The standard InChI is InChI=1S/C16H30/c1-5-11(3)7-8-12(4)16-14-9-13(6-2)15(16)10-14/h11-16H,5-10H2,1-4H3. The molecule has 3 fully saturated rings. The molecule has 0 spiro atoms. The molecule has 6 unspecified atom stereocenters. The molecule has 0 amide bonds. The molecule has 3 aliphatic rings. The molecule has 0 N–H and O–H groups in total. The summed E-state index contributed by atoms with van der Waals surface area (Å²) in [4.78, 5) is 0. The molecule has 0 aromatic heterocycles. The summed E-state index contributed by atoms with van der Waals surface area (Å²) in [7, 11) is 0. The van der Waals surface area contributed by atoms with E-state index >= 15 is 0 Å². The van der Waals surface area contributed by atoms with Crippen LogP contribution in [0, 0.1) is 35.5 Å². The maximum Gasteiger partial charge on any atom is -0.0329 e. The minimum atomic E-state index is 0.946. The average Bonchev–Trinajstić information content (AvgIpc) is 2.83. The van der Waals surface area contributed by atoms with Crippen molar-refractivity contribution in [3.8, 4) is 0 Å². The van der Waals surface area contributed by atoms with Crippen LogP contribution in [0.2, 0.25) is 0 Å². The Hall–Kier alpha value is 0. The number of hydrogen-bond acceptors (Lipinski definition) is 0. The van der Waals surface area contributed by atoms with Crippen molar-refractivity contribution in [1.82, 2.24) is 0 Å². The summed E-state index contributed by atoms with van der Waals surface area (Å²) in [6.45, 7) is 9.67. The van der Waals surface area contributed by atoms with Crippen molar-refractivity contribution in [3.05, 3.63) is 0 Å². The minimum Gasteiger partial charge on any atom is -0.0651 e. The van der Waals surface area contributed by atoms with Gasteiger partial charge in [-0.1, -0.05) is 53.4 Å². The number of fused-ring (bicyclic) bond motifs is 1. The Labute approximate surface area is 102 Å². The third-order valence-electron chi connectivity index (χ3n) is 5.82. The van der Waals surface area contributed by atoms with Gasteiger partial charge in [0, 0.05) is 0 Å². The molecule has 0 aliphatic heterocycles. The Morgan fingerprint density at radius 1 is 1.06 bits per heavy atom. The van der Waals surface area contributed by atoms with Crippen molar-refractivity contribution in [2.45, 2.75) is 66.2 Å². The molecule has 0 heteroatoms. The highest BCUT2D eigenvalue weighted by molar-refractivity contribution is 5.02. The van der Waals surface area contributed by atoms with Gasteiger partial charge in [-0.3, -0.25) is 0 Å². The van der Waals surface area contributed by atoms with Crippen molar-refractivity contribution in [1.29, 1.82) is 0 Å². The Bertz CT molecular complexity index is 220. The fourth-order valence-electron chi connectivity index (χ4n) is 4.44. The lowest BCUT2D eigenvalue weighted by Crippen LogP contribution is -2.34. The van der Waals surface area contributed by atoms with E-state index in [1.807, 2.05) is 0 Å². The molecule has 0 aromatic carbocycles. The van der Waals surface area contributed by atoms with Crippen molar-refractivity contribution in [2.75, 3.05) is 0 Å². The number of rotatable bonds is 6. The predicted molar refractivity (Wildman–Crippen MR) is 71.3 cm³/mol. The van der Waals surface area contributed by atoms with Gasteiger partial charge >= 0.3 is 0 Å². The molecule has 16 heavy (non-hydrogen) atoms. The molecule has 3 saturated carbocycles. The molecule has 2 bridgehead atoms. The first-order valence-electron chi connectivity index (χ1n) is 7.67. The molecule has 6 atom stereocenters. The largest absolute Gasteiger partial charge is 0.0651 e. The van der Waals surface area contributed by atoms with Gasteiger partial charge < -0.3 is 0 Å². The highest BCUT2D eigenvalue weighted by Gasteiger charge is 2.53. The van der Waals surface area contributed by atoms with Gasteiger partial charge in [-0.2, -0.15) is 0 Å². The van der Waals surface area contributed by atoms with E-state index in [0.29, 0.717) is 0 Å². The Kier molecular flexibility index (Phi) is 3.97. The zero-order valence-corrected chi connectivity index (χ0v) is 11.7. The smallest absolute Gasteiger partial charge is 0.0329 e. The van der Waals surface area contributed by atoms with E-state index in [-0.39, 0.29) is 0 Å². The Morgan fingerprint density at radius 2 is 1.81 bits per heavy atom.